The van der Waals surface area contributed by atoms with Crippen molar-refractivity contribution in [2.45, 2.75) is 38.0 Å². The van der Waals surface area contributed by atoms with Crippen LogP contribution in [0.2, 0.25) is 0 Å². The molecule has 5 heteroatoms. The van der Waals surface area contributed by atoms with Crippen LogP contribution in [0, 0.1) is 0 Å². The first-order chi connectivity index (χ1) is 8.74. The van der Waals surface area contributed by atoms with Crippen molar-refractivity contribution in [1.82, 2.24) is 9.88 Å². The molecule has 0 unspecified atom stereocenters. The van der Waals surface area contributed by atoms with Crippen molar-refractivity contribution in [1.29, 1.82) is 0 Å². The summed E-state index contributed by atoms with van der Waals surface area (Å²) in [6.45, 7) is 3.40. The maximum Gasteiger partial charge on any atom is 0.347 e. The molecule has 1 saturated heterocycles. The lowest BCUT2D eigenvalue weighted by Gasteiger charge is -2.12. The maximum absolute atomic E-state index is 11.2. The Hall–Kier alpha value is -0.940. The Labute approximate surface area is 111 Å². The van der Waals surface area contributed by atoms with Gasteiger partial charge in [0.2, 0.25) is 0 Å². The Morgan fingerprint density at radius 3 is 2.72 bits per heavy atom. The summed E-state index contributed by atoms with van der Waals surface area (Å²) in [7, 11) is 0. The van der Waals surface area contributed by atoms with Gasteiger partial charge in [0.15, 0.2) is 0 Å². The molecule has 0 spiro atoms. The summed E-state index contributed by atoms with van der Waals surface area (Å²) < 4.78 is 0. The predicted octanol–water partition coefficient (Wildman–Crippen LogP) is 2.36. The lowest BCUT2D eigenvalue weighted by atomic mass is 10.2. The number of aromatic nitrogens is 1. The van der Waals surface area contributed by atoms with Crippen LogP contribution in [0.5, 0.6) is 0 Å². The second-order valence-corrected chi connectivity index (χ2v) is 6.28. The van der Waals surface area contributed by atoms with E-state index in [0.717, 1.165) is 36.5 Å². The Kier molecular flexibility index (Phi) is 3.35. The van der Waals surface area contributed by atoms with Gasteiger partial charge in [0.1, 0.15) is 4.88 Å². The first-order valence-electron chi connectivity index (χ1n) is 6.69. The fourth-order valence-electron chi connectivity index (χ4n) is 2.53. The highest BCUT2D eigenvalue weighted by Gasteiger charge is 2.32. The van der Waals surface area contributed by atoms with Gasteiger partial charge in [0.05, 0.1) is 10.7 Å². The van der Waals surface area contributed by atoms with Crippen LogP contribution >= 0.6 is 11.3 Å². The zero-order chi connectivity index (χ0) is 12.5. The van der Waals surface area contributed by atoms with Gasteiger partial charge in [-0.1, -0.05) is 0 Å². The first kappa shape index (κ1) is 12.1. The zero-order valence-electron chi connectivity index (χ0n) is 10.4. The number of likely N-dealkylation sites (tertiary alicyclic amines) is 1. The lowest BCUT2D eigenvalue weighted by Crippen LogP contribution is -2.21. The standard InChI is InChI=1S/C13H18N2O2S/c16-13(17)12-11(9-3-4-9)14-10(18-12)5-8-15-6-1-2-7-15/h9H,1-8H2,(H,16,17). The molecule has 2 fully saturated rings. The molecule has 3 rings (SSSR count). The first-order valence-corrected chi connectivity index (χ1v) is 7.51. The van der Waals surface area contributed by atoms with Gasteiger partial charge in [0.25, 0.3) is 0 Å². The van der Waals surface area contributed by atoms with Gasteiger partial charge in [-0.25, -0.2) is 9.78 Å². The minimum Gasteiger partial charge on any atom is -0.477 e. The van der Waals surface area contributed by atoms with Crippen LogP contribution < -0.4 is 0 Å². The zero-order valence-corrected chi connectivity index (χ0v) is 11.2. The van der Waals surface area contributed by atoms with Crippen molar-refractivity contribution in [2.75, 3.05) is 19.6 Å². The number of thiazole rings is 1. The predicted molar refractivity (Wildman–Crippen MR) is 70.4 cm³/mol. The van der Waals surface area contributed by atoms with E-state index in [9.17, 15) is 9.90 Å². The van der Waals surface area contributed by atoms with Gasteiger partial charge in [-0.2, -0.15) is 0 Å². The van der Waals surface area contributed by atoms with Crippen molar-refractivity contribution in [2.24, 2.45) is 0 Å². The van der Waals surface area contributed by atoms with Gasteiger partial charge >= 0.3 is 5.97 Å². The van der Waals surface area contributed by atoms with E-state index in [0.29, 0.717) is 10.8 Å². The third-order valence-electron chi connectivity index (χ3n) is 3.70. The molecule has 98 valence electrons. The Morgan fingerprint density at radius 1 is 1.39 bits per heavy atom. The molecule has 1 aliphatic heterocycles. The molecule has 0 aromatic carbocycles. The lowest BCUT2D eigenvalue weighted by molar-refractivity contribution is 0.0700. The van der Waals surface area contributed by atoms with E-state index in [1.807, 2.05) is 0 Å². The molecule has 0 atom stereocenters. The van der Waals surface area contributed by atoms with Crippen LogP contribution in [-0.2, 0) is 6.42 Å². The highest BCUT2D eigenvalue weighted by atomic mass is 32.1. The number of carboxylic acids is 1. The summed E-state index contributed by atoms with van der Waals surface area (Å²) in [5, 5.41) is 10.2. The van der Waals surface area contributed by atoms with Gasteiger partial charge in [-0.15, -0.1) is 11.3 Å². The number of carbonyl (C=O) groups is 1. The fraction of sp³-hybridized carbons (Fsp3) is 0.692. The van der Waals surface area contributed by atoms with Crippen molar-refractivity contribution < 1.29 is 9.90 Å². The Balaban J connectivity index is 1.67. The smallest absolute Gasteiger partial charge is 0.347 e. The molecular weight excluding hydrogens is 248 g/mol. The van der Waals surface area contributed by atoms with E-state index in [1.165, 1.54) is 37.3 Å². The number of hydrogen-bond donors (Lipinski definition) is 1. The van der Waals surface area contributed by atoms with Crippen LogP contribution in [0.3, 0.4) is 0 Å². The molecule has 0 radical (unpaired) electrons. The molecule has 1 aromatic rings. The summed E-state index contributed by atoms with van der Waals surface area (Å²) in [6, 6.07) is 0. The molecular formula is C13H18N2O2S. The van der Waals surface area contributed by atoms with E-state index in [-0.39, 0.29) is 0 Å². The average molecular weight is 266 g/mol. The van der Waals surface area contributed by atoms with E-state index in [4.69, 9.17) is 0 Å². The molecule has 0 bridgehead atoms. The minimum atomic E-state index is -0.804. The van der Waals surface area contributed by atoms with Crippen LogP contribution in [0.15, 0.2) is 0 Å². The number of rotatable bonds is 5. The molecule has 2 aliphatic rings. The average Bonchev–Trinajstić information content (AvgIpc) is 2.91. The molecule has 2 heterocycles. The molecule has 1 aliphatic carbocycles. The van der Waals surface area contributed by atoms with Gasteiger partial charge in [0, 0.05) is 18.9 Å². The van der Waals surface area contributed by atoms with Crippen molar-refractivity contribution in [3.05, 3.63) is 15.6 Å². The van der Waals surface area contributed by atoms with Gasteiger partial charge < -0.3 is 10.0 Å². The molecule has 1 saturated carbocycles. The topological polar surface area (TPSA) is 53.4 Å². The van der Waals surface area contributed by atoms with E-state index < -0.39 is 5.97 Å². The SMILES string of the molecule is O=C(O)c1sc(CCN2CCCC2)nc1C1CC1. The normalized spacial score (nSPS) is 20.4. The van der Waals surface area contributed by atoms with E-state index in [1.54, 1.807) is 0 Å². The summed E-state index contributed by atoms with van der Waals surface area (Å²) in [5.74, 6) is -0.380. The van der Waals surface area contributed by atoms with Crippen molar-refractivity contribution >= 4 is 17.3 Å². The summed E-state index contributed by atoms with van der Waals surface area (Å²) in [5.41, 5.74) is 0.851. The second-order valence-electron chi connectivity index (χ2n) is 5.20. The Bertz CT molecular complexity index is 448. The minimum absolute atomic E-state index is 0.424. The summed E-state index contributed by atoms with van der Waals surface area (Å²) in [4.78, 5) is 18.7. The number of nitrogens with zero attached hydrogens (tertiary/aromatic N) is 2. The number of aromatic carboxylic acids is 1. The third-order valence-corrected chi connectivity index (χ3v) is 4.82. The highest BCUT2D eigenvalue weighted by Crippen LogP contribution is 2.42. The van der Waals surface area contributed by atoms with E-state index in [2.05, 4.69) is 9.88 Å². The van der Waals surface area contributed by atoms with Crippen molar-refractivity contribution in [3.8, 4) is 0 Å². The van der Waals surface area contributed by atoms with E-state index >= 15 is 0 Å². The van der Waals surface area contributed by atoms with Gasteiger partial charge in [-0.3, -0.25) is 0 Å². The second kappa shape index (κ2) is 4.97. The molecule has 1 aromatic heterocycles. The van der Waals surface area contributed by atoms with Crippen LogP contribution in [0.4, 0.5) is 0 Å². The van der Waals surface area contributed by atoms with Crippen molar-refractivity contribution in [3.63, 3.8) is 0 Å². The van der Waals surface area contributed by atoms with Crippen LogP contribution in [0.25, 0.3) is 0 Å². The third kappa shape index (κ3) is 2.57. The maximum atomic E-state index is 11.2. The van der Waals surface area contributed by atoms with Crippen LogP contribution in [0.1, 0.15) is 52.0 Å². The monoisotopic (exact) mass is 266 g/mol. The summed E-state index contributed by atoms with van der Waals surface area (Å²) >= 11 is 1.38. The number of carboxylic acid groups (broad SMARTS) is 1. The van der Waals surface area contributed by atoms with Gasteiger partial charge in [-0.05, 0) is 38.8 Å². The molecule has 1 N–H and O–H groups in total. The molecule has 18 heavy (non-hydrogen) atoms. The Morgan fingerprint density at radius 2 is 2.11 bits per heavy atom. The fourth-order valence-corrected chi connectivity index (χ4v) is 3.51. The quantitative estimate of drug-likeness (QED) is 0.889. The molecule has 4 nitrogen and oxygen atoms in total. The highest BCUT2D eigenvalue weighted by molar-refractivity contribution is 7.13. The van der Waals surface area contributed by atoms with Crippen LogP contribution in [-0.4, -0.2) is 40.6 Å². The largest absolute Gasteiger partial charge is 0.477 e. The number of hydrogen-bond acceptors (Lipinski definition) is 4. The summed E-state index contributed by atoms with van der Waals surface area (Å²) in [6.07, 6.45) is 5.71. The molecule has 0 amide bonds.